The summed E-state index contributed by atoms with van der Waals surface area (Å²) in [4.78, 5) is 11.0. The summed E-state index contributed by atoms with van der Waals surface area (Å²) in [6.45, 7) is 2.01. The highest BCUT2D eigenvalue weighted by atomic mass is 16.5. The number of aryl methyl sites for hydroxylation is 2. The van der Waals surface area contributed by atoms with Crippen LogP contribution in [-0.4, -0.2) is 25.3 Å². The zero-order valence-corrected chi connectivity index (χ0v) is 15.2. The average molecular weight is 350 g/mol. The van der Waals surface area contributed by atoms with Gasteiger partial charge in [-0.25, -0.2) is 0 Å². The second-order valence-corrected chi connectivity index (χ2v) is 6.20. The Balaban J connectivity index is 2.26. The summed E-state index contributed by atoms with van der Waals surface area (Å²) in [5.74, 6) is 0.740. The number of benzene rings is 3. The smallest absolute Gasteiger partial charge is 0.303 e. The van der Waals surface area contributed by atoms with E-state index in [0.29, 0.717) is 6.42 Å². The van der Waals surface area contributed by atoms with Crippen molar-refractivity contribution in [2.45, 2.75) is 19.8 Å². The van der Waals surface area contributed by atoms with E-state index in [-0.39, 0.29) is 6.42 Å². The van der Waals surface area contributed by atoms with Crippen LogP contribution in [-0.2, 0) is 11.2 Å². The lowest BCUT2D eigenvalue weighted by Gasteiger charge is -2.18. The Hall–Kier alpha value is -3.01. The van der Waals surface area contributed by atoms with Crippen molar-refractivity contribution in [3.8, 4) is 22.6 Å². The van der Waals surface area contributed by atoms with E-state index in [0.717, 1.165) is 44.5 Å². The van der Waals surface area contributed by atoms with Crippen LogP contribution in [0.15, 0.2) is 48.5 Å². The molecule has 4 nitrogen and oxygen atoms in total. The van der Waals surface area contributed by atoms with Gasteiger partial charge in [-0.1, -0.05) is 42.5 Å². The predicted octanol–water partition coefficient (Wildman–Crippen LogP) is 4.85. The number of aliphatic carboxylic acids is 1. The summed E-state index contributed by atoms with van der Waals surface area (Å²) < 4.78 is 11.3. The molecule has 0 fully saturated rings. The minimum atomic E-state index is -0.791. The van der Waals surface area contributed by atoms with Gasteiger partial charge in [0, 0.05) is 6.42 Å². The molecular weight excluding hydrogens is 328 g/mol. The lowest BCUT2D eigenvalue weighted by Crippen LogP contribution is -1.99. The van der Waals surface area contributed by atoms with Gasteiger partial charge in [0.15, 0.2) is 0 Å². The maximum atomic E-state index is 11.0. The van der Waals surface area contributed by atoms with Gasteiger partial charge in [0.2, 0.25) is 0 Å². The van der Waals surface area contributed by atoms with E-state index in [1.807, 2.05) is 49.4 Å². The number of carboxylic acids is 1. The van der Waals surface area contributed by atoms with Crippen molar-refractivity contribution >= 4 is 16.7 Å². The summed E-state index contributed by atoms with van der Waals surface area (Å²) in [5.41, 5.74) is 3.98. The highest BCUT2D eigenvalue weighted by Crippen LogP contribution is 2.43. The highest BCUT2D eigenvalue weighted by molar-refractivity contribution is 6.01. The first-order valence-electron chi connectivity index (χ1n) is 8.51. The molecule has 0 amide bonds. The molecule has 134 valence electrons. The lowest BCUT2D eigenvalue weighted by atomic mass is 9.92. The molecule has 0 atom stereocenters. The molecule has 0 bridgehead atoms. The van der Waals surface area contributed by atoms with Crippen molar-refractivity contribution in [3.63, 3.8) is 0 Å². The van der Waals surface area contributed by atoms with Crippen molar-refractivity contribution in [3.05, 3.63) is 59.7 Å². The van der Waals surface area contributed by atoms with Crippen molar-refractivity contribution in [1.82, 2.24) is 0 Å². The Morgan fingerprint density at radius 3 is 2.38 bits per heavy atom. The van der Waals surface area contributed by atoms with Crippen molar-refractivity contribution in [2.24, 2.45) is 0 Å². The molecule has 0 unspecified atom stereocenters. The van der Waals surface area contributed by atoms with Crippen LogP contribution in [0.1, 0.15) is 17.5 Å². The highest BCUT2D eigenvalue weighted by Gasteiger charge is 2.17. The Morgan fingerprint density at radius 2 is 1.69 bits per heavy atom. The normalized spacial score (nSPS) is 10.7. The maximum absolute atomic E-state index is 11.0. The van der Waals surface area contributed by atoms with Crippen molar-refractivity contribution in [2.75, 3.05) is 14.2 Å². The molecule has 1 N–H and O–H groups in total. The predicted molar refractivity (Wildman–Crippen MR) is 103 cm³/mol. The molecule has 4 heteroatoms. The van der Waals surface area contributed by atoms with Gasteiger partial charge in [-0.15, -0.1) is 0 Å². The number of carboxylic acid groups (broad SMARTS) is 1. The number of rotatable bonds is 6. The molecule has 0 heterocycles. The summed E-state index contributed by atoms with van der Waals surface area (Å²) in [6, 6.07) is 16.0. The molecule has 0 radical (unpaired) electrons. The van der Waals surface area contributed by atoms with Gasteiger partial charge in [-0.05, 0) is 46.9 Å². The number of hydrogen-bond acceptors (Lipinski definition) is 3. The molecule has 0 aromatic heterocycles. The first-order valence-corrected chi connectivity index (χ1v) is 8.51. The van der Waals surface area contributed by atoms with Crippen LogP contribution in [0.2, 0.25) is 0 Å². The minimum Gasteiger partial charge on any atom is -0.496 e. The Labute approximate surface area is 153 Å². The molecule has 0 aliphatic carbocycles. The zero-order chi connectivity index (χ0) is 18.7. The molecule has 0 aliphatic rings. The lowest BCUT2D eigenvalue weighted by molar-refractivity contribution is -0.136. The fourth-order valence-corrected chi connectivity index (χ4v) is 3.41. The summed E-state index contributed by atoms with van der Waals surface area (Å²) >= 11 is 0. The van der Waals surface area contributed by atoms with E-state index in [1.165, 1.54) is 0 Å². The van der Waals surface area contributed by atoms with E-state index in [9.17, 15) is 4.79 Å². The van der Waals surface area contributed by atoms with Gasteiger partial charge in [0.1, 0.15) is 11.5 Å². The van der Waals surface area contributed by atoms with Gasteiger partial charge >= 0.3 is 5.97 Å². The Morgan fingerprint density at radius 1 is 0.962 bits per heavy atom. The third-order valence-electron chi connectivity index (χ3n) is 4.63. The number of carbonyl (C=O) groups is 1. The van der Waals surface area contributed by atoms with E-state index >= 15 is 0 Å². The van der Waals surface area contributed by atoms with Crippen LogP contribution in [0.3, 0.4) is 0 Å². The molecule has 0 saturated carbocycles. The quantitative estimate of drug-likeness (QED) is 0.690. The summed E-state index contributed by atoms with van der Waals surface area (Å²) in [6.07, 6.45) is 0.610. The molecule has 0 aliphatic heterocycles. The topological polar surface area (TPSA) is 55.8 Å². The van der Waals surface area contributed by atoms with Crippen molar-refractivity contribution < 1.29 is 19.4 Å². The van der Waals surface area contributed by atoms with E-state index < -0.39 is 5.97 Å². The molecule has 0 spiro atoms. The fourth-order valence-electron chi connectivity index (χ4n) is 3.41. The number of ether oxygens (including phenoxy) is 2. The monoisotopic (exact) mass is 350 g/mol. The van der Waals surface area contributed by atoms with E-state index in [4.69, 9.17) is 14.6 Å². The minimum absolute atomic E-state index is 0.112. The number of hydrogen-bond donors (Lipinski definition) is 1. The molecule has 26 heavy (non-hydrogen) atoms. The Kier molecular flexibility index (Phi) is 5.12. The number of methoxy groups -OCH3 is 2. The van der Waals surface area contributed by atoms with Gasteiger partial charge in [-0.2, -0.15) is 0 Å². The van der Waals surface area contributed by atoms with Gasteiger partial charge in [0.25, 0.3) is 0 Å². The van der Waals surface area contributed by atoms with Crippen LogP contribution in [0, 0.1) is 6.92 Å². The van der Waals surface area contributed by atoms with Crippen molar-refractivity contribution in [1.29, 1.82) is 0 Å². The first-order chi connectivity index (χ1) is 12.6. The van der Waals surface area contributed by atoms with Crippen LogP contribution in [0.5, 0.6) is 11.5 Å². The average Bonchev–Trinajstić information content (AvgIpc) is 2.65. The summed E-state index contributed by atoms with van der Waals surface area (Å²) in [5, 5.41) is 11.1. The Bertz CT molecular complexity index is 960. The fraction of sp³-hybridized carbons (Fsp3) is 0.227. The van der Waals surface area contributed by atoms with Crippen LogP contribution in [0.4, 0.5) is 0 Å². The molecule has 3 aromatic rings. The van der Waals surface area contributed by atoms with E-state index in [2.05, 4.69) is 6.07 Å². The largest absolute Gasteiger partial charge is 0.496 e. The second-order valence-electron chi connectivity index (χ2n) is 6.20. The molecule has 0 saturated heterocycles. The van der Waals surface area contributed by atoms with Crippen LogP contribution in [0.25, 0.3) is 21.9 Å². The molecule has 3 aromatic carbocycles. The van der Waals surface area contributed by atoms with E-state index in [1.54, 1.807) is 14.2 Å². The number of fused-ring (bicyclic) bond motifs is 1. The van der Waals surface area contributed by atoms with Gasteiger partial charge in [-0.3, -0.25) is 4.79 Å². The van der Waals surface area contributed by atoms with Gasteiger partial charge in [0.05, 0.1) is 19.8 Å². The first kappa shape index (κ1) is 17.8. The zero-order valence-electron chi connectivity index (χ0n) is 15.2. The summed E-state index contributed by atoms with van der Waals surface area (Å²) in [7, 11) is 3.31. The third-order valence-corrected chi connectivity index (χ3v) is 4.63. The molecule has 3 rings (SSSR count). The SMILES string of the molecule is COc1ccc(C)c(OC)c1-c1cccc2c(CCC(=O)O)cccc12. The standard InChI is InChI=1S/C22H22O4/c1-14-10-12-19(25-2)21(22(14)26-3)18-9-5-7-16-15(11-13-20(23)24)6-4-8-17(16)18/h4-10,12H,11,13H2,1-3H3,(H,23,24). The third kappa shape index (κ3) is 3.23. The van der Waals surface area contributed by atoms with Crippen LogP contribution < -0.4 is 9.47 Å². The van der Waals surface area contributed by atoms with Gasteiger partial charge < -0.3 is 14.6 Å². The maximum Gasteiger partial charge on any atom is 0.303 e. The molecular formula is C22H22O4. The van der Waals surface area contributed by atoms with Crippen LogP contribution >= 0.6 is 0 Å². The second kappa shape index (κ2) is 7.48.